The molecule has 3 aromatic carbocycles. The number of esters is 1. The highest BCUT2D eigenvalue weighted by Crippen LogP contribution is 2.57. The maximum Gasteiger partial charge on any atom is 0.337 e. The second-order valence-electron chi connectivity index (χ2n) is 11.7. The lowest BCUT2D eigenvalue weighted by molar-refractivity contribution is -0.122. The molecule has 10 heteroatoms. The Balaban J connectivity index is 1.69. The summed E-state index contributed by atoms with van der Waals surface area (Å²) in [7, 11) is 1.27. The van der Waals surface area contributed by atoms with Crippen LogP contribution >= 0.6 is 23.2 Å². The number of rotatable bonds is 5. The minimum absolute atomic E-state index is 0.114. The normalized spacial score (nSPS) is 23.3. The van der Waals surface area contributed by atoms with Gasteiger partial charge in [-0.25, -0.2) is 9.18 Å². The van der Waals surface area contributed by atoms with Gasteiger partial charge in [0, 0.05) is 28.4 Å². The number of carbonyl (C=O) groups excluding carboxylic acids is 3. The Morgan fingerprint density at radius 1 is 1.07 bits per heavy atom. The first-order valence-corrected chi connectivity index (χ1v) is 13.9. The molecule has 0 radical (unpaired) electrons. The Labute approximate surface area is 247 Å². The van der Waals surface area contributed by atoms with Crippen LogP contribution in [0.2, 0.25) is 10.0 Å². The molecule has 7 nitrogen and oxygen atoms in total. The van der Waals surface area contributed by atoms with Crippen molar-refractivity contribution in [3.05, 3.63) is 93.2 Å². The number of fused-ring (bicyclic) bond motifs is 2. The van der Waals surface area contributed by atoms with Crippen LogP contribution in [-0.2, 0) is 19.7 Å². The van der Waals surface area contributed by atoms with E-state index in [2.05, 4.69) is 16.0 Å². The van der Waals surface area contributed by atoms with Crippen molar-refractivity contribution in [2.75, 3.05) is 17.7 Å². The van der Waals surface area contributed by atoms with Gasteiger partial charge in [0.25, 0.3) is 0 Å². The lowest BCUT2D eigenvalue weighted by Crippen LogP contribution is -2.49. The number of amides is 2. The van der Waals surface area contributed by atoms with E-state index in [0.29, 0.717) is 28.4 Å². The standard InChI is InChI=1S/C31H30Cl2FN3O4/c1-30(2,3)15-23-31(20-12-11-17(32)14-22(20)36-29(31)40)24(19-9-6-10-21(33)25(19)34)26(37-23)27(38)35-18-8-5-7-16(13-18)28(39)41-4/h5-14,23-24,26,37H,15H2,1-4H3,(H,35,38)(H,36,40)/t23-,24-,26+,31?/m0/s1. The molecule has 1 saturated heterocycles. The number of carbonyl (C=O) groups is 3. The zero-order chi connectivity index (χ0) is 29.7. The van der Waals surface area contributed by atoms with Crippen LogP contribution < -0.4 is 16.0 Å². The first-order chi connectivity index (χ1) is 19.4. The molecule has 1 fully saturated rings. The monoisotopic (exact) mass is 597 g/mol. The zero-order valence-corrected chi connectivity index (χ0v) is 24.5. The summed E-state index contributed by atoms with van der Waals surface area (Å²) >= 11 is 12.5. The highest BCUT2D eigenvalue weighted by atomic mass is 35.5. The molecule has 3 N–H and O–H groups in total. The van der Waals surface area contributed by atoms with Gasteiger partial charge in [-0.1, -0.05) is 68.2 Å². The van der Waals surface area contributed by atoms with E-state index in [-0.39, 0.29) is 27.5 Å². The number of hydrogen-bond donors (Lipinski definition) is 3. The van der Waals surface area contributed by atoms with Crippen LogP contribution in [-0.4, -0.2) is 37.0 Å². The molecular formula is C31H30Cl2FN3O4. The van der Waals surface area contributed by atoms with E-state index >= 15 is 4.39 Å². The fraction of sp³-hybridized carbons (Fsp3) is 0.323. The topological polar surface area (TPSA) is 96.5 Å². The Bertz CT molecular complexity index is 1560. The minimum atomic E-state index is -1.37. The molecule has 2 aliphatic heterocycles. The van der Waals surface area contributed by atoms with E-state index in [9.17, 15) is 14.4 Å². The summed E-state index contributed by atoms with van der Waals surface area (Å²) < 4.78 is 20.7. The summed E-state index contributed by atoms with van der Waals surface area (Å²) in [4.78, 5) is 40.3. The van der Waals surface area contributed by atoms with Gasteiger partial charge in [-0.05, 0) is 59.4 Å². The van der Waals surface area contributed by atoms with E-state index in [0.717, 1.165) is 0 Å². The first kappa shape index (κ1) is 29.0. The van der Waals surface area contributed by atoms with Gasteiger partial charge in [-0.3, -0.25) is 9.59 Å². The number of benzene rings is 3. The largest absolute Gasteiger partial charge is 0.465 e. The summed E-state index contributed by atoms with van der Waals surface area (Å²) in [6, 6.07) is 14.4. The smallest absolute Gasteiger partial charge is 0.337 e. The van der Waals surface area contributed by atoms with Gasteiger partial charge in [0.1, 0.15) is 11.2 Å². The molecule has 3 aromatic rings. The van der Waals surface area contributed by atoms with Gasteiger partial charge >= 0.3 is 5.97 Å². The molecule has 2 heterocycles. The highest BCUT2D eigenvalue weighted by molar-refractivity contribution is 6.31. The van der Waals surface area contributed by atoms with Gasteiger partial charge in [0.05, 0.1) is 23.7 Å². The number of hydrogen-bond acceptors (Lipinski definition) is 5. The van der Waals surface area contributed by atoms with Crippen LogP contribution in [0.25, 0.3) is 0 Å². The molecule has 214 valence electrons. The number of ether oxygens (including phenoxy) is 1. The third-order valence-corrected chi connectivity index (χ3v) is 8.30. The fourth-order valence-electron chi connectivity index (χ4n) is 6.21. The molecule has 0 aromatic heterocycles. The molecule has 0 saturated carbocycles. The summed E-state index contributed by atoms with van der Waals surface area (Å²) in [6.45, 7) is 6.12. The number of methoxy groups -OCH3 is 1. The molecular weight excluding hydrogens is 568 g/mol. The van der Waals surface area contributed by atoms with Gasteiger partial charge in [-0.2, -0.15) is 0 Å². The van der Waals surface area contributed by atoms with Crippen molar-refractivity contribution < 1.29 is 23.5 Å². The van der Waals surface area contributed by atoms with Crippen molar-refractivity contribution in [2.45, 2.75) is 50.6 Å². The minimum Gasteiger partial charge on any atom is -0.465 e. The number of halogens is 3. The Hall–Kier alpha value is -3.46. The highest BCUT2D eigenvalue weighted by Gasteiger charge is 2.66. The molecule has 0 bridgehead atoms. The van der Waals surface area contributed by atoms with E-state index in [4.69, 9.17) is 27.9 Å². The lowest BCUT2D eigenvalue weighted by atomic mass is 9.62. The van der Waals surface area contributed by atoms with Crippen molar-refractivity contribution >= 4 is 52.4 Å². The Morgan fingerprint density at radius 2 is 1.80 bits per heavy atom. The van der Waals surface area contributed by atoms with Crippen molar-refractivity contribution in [2.24, 2.45) is 5.41 Å². The lowest BCUT2D eigenvalue weighted by Gasteiger charge is -2.37. The predicted octanol–water partition coefficient (Wildman–Crippen LogP) is 6.31. The molecule has 41 heavy (non-hydrogen) atoms. The summed E-state index contributed by atoms with van der Waals surface area (Å²) in [5.74, 6) is -3.09. The third kappa shape index (κ3) is 5.09. The maximum atomic E-state index is 15.9. The van der Waals surface area contributed by atoms with E-state index in [1.807, 2.05) is 20.8 Å². The molecule has 1 spiro atoms. The molecule has 5 rings (SSSR count). The van der Waals surface area contributed by atoms with Gasteiger partial charge in [0.2, 0.25) is 11.8 Å². The summed E-state index contributed by atoms with van der Waals surface area (Å²) in [5, 5.41) is 9.55. The van der Waals surface area contributed by atoms with Gasteiger partial charge < -0.3 is 20.7 Å². The van der Waals surface area contributed by atoms with Crippen LogP contribution in [0.4, 0.5) is 15.8 Å². The second kappa shape index (κ2) is 10.7. The van der Waals surface area contributed by atoms with Gasteiger partial charge in [0.15, 0.2) is 0 Å². The first-order valence-electron chi connectivity index (χ1n) is 13.2. The van der Waals surface area contributed by atoms with Crippen LogP contribution in [0, 0.1) is 11.2 Å². The summed E-state index contributed by atoms with van der Waals surface area (Å²) in [5.41, 5.74) is 0.254. The second-order valence-corrected chi connectivity index (χ2v) is 12.5. The van der Waals surface area contributed by atoms with Crippen molar-refractivity contribution in [3.8, 4) is 0 Å². The van der Waals surface area contributed by atoms with Crippen molar-refractivity contribution in [1.29, 1.82) is 0 Å². The van der Waals surface area contributed by atoms with Crippen LogP contribution in [0.1, 0.15) is 54.6 Å². The SMILES string of the molecule is COC(=O)c1cccc(NC(=O)[C@@H]2N[C@@H](CC(C)(C)C)C3(C(=O)Nc4cc(Cl)ccc43)[C@H]2c2cccc(Cl)c2F)c1. The number of nitrogens with one attached hydrogen (secondary N) is 3. The van der Waals surface area contributed by atoms with E-state index in [1.165, 1.54) is 19.2 Å². The Kier molecular flexibility index (Phi) is 7.61. The van der Waals surface area contributed by atoms with Gasteiger partial charge in [-0.15, -0.1) is 0 Å². The quantitative estimate of drug-likeness (QED) is 0.300. The average Bonchev–Trinajstić information content (AvgIpc) is 3.38. The van der Waals surface area contributed by atoms with Crippen molar-refractivity contribution in [1.82, 2.24) is 5.32 Å². The molecule has 2 amide bonds. The van der Waals surface area contributed by atoms with E-state index < -0.39 is 41.1 Å². The van der Waals surface area contributed by atoms with Crippen LogP contribution in [0.5, 0.6) is 0 Å². The Morgan fingerprint density at radius 3 is 2.51 bits per heavy atom. The fourth-order valence-corrected chi connectivity index (χ4v) is 6.57. The molecule has 0 aliphatic carbocycles. The maximum absolute atomic E-state index is 15.9. The molecule has 2 aliphatic rings. The van der Waals surface area contributed by atoms with E-state index in [1.54, 1.807) is 48.5 Å². The third-order valence-electron chi connectivity index (χ3n) is 7.77. The van der Waals surface area contributed by atoms with Crippen LogP contribution in [0.3, 0.4) is 0 Å². The molecule has 4 atom stereocenters. The summed E-state index contributed by atoms with van der Waals surface area (Å²) in [6.07, 6.45) is 0.489. The number of anilines is 2. The zero-order valence-electron chi connectivity index (χ0n) is 23.0. The van der Waals surface area contributed by atoms with Crippen molar-refractivity contribution in [3.63, 3.8) is 0 Å². The average molecular weight is 599 g/mol. The predicted molar refractivity (Wildman–Crippen MR) is 157 cm³/mol. The van der Waals surface area contributed by atoms with Crippen LogP contribution in [0.15, 0.2) is 60.7 Å². The molecule has 1 unspecified atom stereocenters.